The van der Waals surface area contributed by atoms with E-state index >= 15 is 0 Å². The molecule has 1 aromatic carbocycles. The number of hydrogen-bond acceptors (Lipinski definition) is 10. The lowest BCUT2D eigenvalue weighted by atomic mass is 10.2. The summed E-state index contributed by atoms with van der Waals surface area (Å²) in [6.45, 7) is 1.12. The van der Waals surface area contributed by atoms with Crippen molar-refractivity contribution in [2.24, 2.45) is 0 Å². The van der Waals surface area contributed by atoms with E-state index in [0.717, 1.165) is 17.8 Å². The van der Waals surface area contributed by atoms with E-state index in [1.54, 1.807) is 11.0 Å². The van der Waals surface area contributed by atoms with Crippen molar-refractivity contribution in [3.05, 3.63) is 84.2 Å². The van der Waals surface area contributed by atoms with Crippen LogP contribution >= 0.6 is 0 Å². The second-order valence-electron chi connectivity index (χ2n) is 9.53. The van der Waals surface area contributed by atoms with Crippen molar-refractivity contribution in [2.75, 3.05) is 42.6 Å². The number of benzene rings is 1. The Morgan fingerprint density at radius 3 is 2.44 bits per heavy atom. The predicted octanol–water partition coefficient (Wildman–Crippen LogP) is 3.27. The lowest BCUT2D eigenvalue weighted by molar-refractivity contribution is -0.142. The minimum absolute atomic E-state index is 0.0366. The maximum atomic E-state index is 13.2. The molecule has 0 spiro atoms. The van der Waals surface area contributed by atoms with Gasteiger partial charge in [-0.3, -0.25) is 4.79 Å². The van der Waals surface area contributed by atoms with Gasteiger partial charge < -0.3 is 29.4 Å². The van der Waals surface area contributed by atoms with Crippen molar-refractivity contribution in [1.29, 1.82) is 0 Å². The summed E-state index contributed by atoms with van der Waals surface area (Å²) in [5, 5.41) is 12.1. The second kappa shape index (κ2) is 12.9. The number of aliphatic carboxylic acids is 1. The molecule has 224 valence electrons. The van der Waals surface area contributed by atoms with Gasteiger partial charge in [0, 0.05) is 38.4 Å². The van der Waals surface area contributed by atoms with Gasteiger partial charge in [-0.2, -0.15) is 13.2 Å². The normalized spacial score (nSPS) is 14.4. The van der Waals surface area contributed by atoms with Crippen molar-refractivity contribution in [2.45, 2.75) is 18.8 Å². The van der Waals surface area contributed by atoms with Crippen LogP contribution in [0.3, 0.4) is 0 Å². The van der Waals surface area contributed by atoms with Gasteiger partial charge in [0.1, 0.15) is 23.5 Å². The average molecular weight is 598 g/mol. The third-order valence-electron chi connectivity index (χ3n) is 6.54. The van der Waals surface area contributed by atoms with Gasteiger partial charge in [0.15, 0.2) is 11.9 Å². The van der Waals surface area contributed by atoms with Crippen LogP contribution < -0.4 is 15.1 Å². The number of carbonyl (C=O) groups excluding carboxylic acids is 1. The highest BCUT2D eigenvalue weighted by Gasteiger charge is 2.34. The molecule has 1 unspecified atom stereocenters. The third-order valence-corrected chi connectivity index (χ3v) is 6.54. The standard InChI is InChI=1S/C28H26F3N7O5/c29-28(30,31)22-6-8-32-27(35-22)38-11-9-37(10-12-38)23-14-20(33-24(36-23)19-7-13-42-16-19)25(39)34-21(26(40)41)17-43-15-18-4-2-1-3-5-18/h1-8,13-14,16,21H,9-12,15,17H2,(H,34,39)(H,40,41). The summed E-state index contributed by atoms with van der Waals surface area (Å²) in [5.74, 6) is -1.52. The largest absolute Gasteiger partial charge is 0.480 e. The monoisotopic (exact) mass is 597 g/mol. The first-order valence-electron chi connectivity index (χ1n) is 13.1. The molecule has 1 aliphatic rings. The molecule has 2 N–H and O–H groups in total. The fourth-order valence-corrected chi connectivity index (χ4v) is 4.30. The maximum absolute atomic E-state index is 13.2. The zero-order valence-corrected chi connectivity index (χ0v) is 22.6. The molecule has 3 aromatic heterocycles. The summed E-state index contributed by atoms with van der Waals surface area (Å²) in [6, 6.07) is 11.7. The van der Waals surface area contributed by atoms with E-state index in [4.69, 9.17) is 9.15 Å². The van der Waals surface area contributed by atoms with E-state index in [2.05, 4.69) is 25.3 Å². The van der Waals surface area contributed by atoms with Crippen LogP contribution in [0.5, 0.6) is 0 Å². The van der Waals surface area contributed by atoms with Crippen molar-refractivity contribution < 1.29 is 37.0 Å². The molecule has 5 rings (SSSR count). The molecular weight excluding hydrogens is 571 g/mol. The molecule has 0 aliphatic carbocycles. The number of anilines is 2. The summed E-state index contributed by atoms with van der Waals surface area (Å²) in [7, 11) is 0. The Morgan fingerprint density at radius 2 is 1.77 bits per heavy atom. The molecule has 4 heterocycles. The molecule has 15 heteroatoms. The lowest BCUT2D eigenvalue weighted by Gasteiger charge is -2.35. The number of furan rings is 1. The van der Waals surface area contributed by atoms with Crippen molar-refractivity contribution in [3.63, 3.8) is 0 Å². The van der Waals surface area contributed by atoms with Crippen LogP contribution in [0.4, 0.5) is 24.9 Å². The first-order chi connectivity index (χ1) is 20.7. The Morgan fingerprint density at radius 1 is 1.02 bits per heavy atom. The number of amides is 1. The van der Waals surface area contributed by atoms with E-state index in [1.807, 2.05) is 35.2 Å². The summed E-state index contributed by atoms with van der Waals surface area (Å²) < 4.78 is 50.0. The van der Waals surface area contributed by atoms with Crippen LogP contribution in [-0.4, -0.2) is 75.7 Å². The Bertz CT molecular complexity index is 1550. The quantitative estimate of drug-likeness (QED) is 0.278. The molecule has 1 saturated heterocycles. The highest BCUT2D eigenvalue weighted by Crippen LogP contribution is 2.29. The summed E-state index contributed by atoms with van der Waals surface area (Å²) >= 11 is 0. The number of nitrogens with zero attached hydrogens (tertiary/aromatic N) is 6. The van der Waals surface area contributed by atoms with Gasteiger partial charge in [0.05, 0.1) is 25.0 Å². The fraction of sp³-hybridized carbons (Fsp3) is 0.286. The zero-order chi connectivity index (χ0) is 30.4. The molecule has 0 saturated carbocycles. The van der Waals surface area contributed by atoms with Crippen LogP contribution in [0, 0.1) is 0 Å². The Hall–Kier alpha value is -5.05. The molecule has 1 fully saturated rings. The first-order valence-corrected chi connectivity index (χ1v) is 13.1. The molecule has 1 amide bonds. The Kier molecular flexibility index (Phi) is 8.80. The van der Waals surface area contributed by atoms with E-state index in [9.17, 15) is 27.9 Å². The minimum Gasteiger partial charge on any atom is -0.480 e. The molecule has 0 radical (unpaired) electrons. The fourth-order valence-electron chi connectivity index (χ4n) is 4.30. The van der Waals surface area contributed by atoms with Gasteiger partial charge in [-0.1, -0.05) is 30.3 Å². The number of nitrogens with one attached hydrogen (secondary N) is 1. The number of ether oxygens (including phenoxy) is 1. The minimum atomic E-state index is -4.59. The average Bonchev–Trinajstić information content (AvgIpc) is 3.56. The number of rotatable bonds is 10. The second-order valence-corrected chi connectivity index (χ2v) is 9.53. The summed E-state index contributed by atoms with van der Waals surface area (Å²) in [4.78, 5) is 45.1. The third kappa shape index (κ3) is 7.43. The first kappa shape index (κ1) is 29.4. The number of carboxylic acid groups (broad SMARTS) is 1. The molecule has 4 aromatic rings. The number of piperazine rings is 1. The maximum Gasteiger partial charge on any atom is 0.433 e. The number of aromatic nitrogens is 4. The zero-order valence-electron chi connectivity index (χ0n) is 22.6. The smallest absolute Gasteiger partial charge is 0.433 e. The van der Waals surface area contributed by atoms with Crippen LogP contribution in [0.15, 0.2) is 71.7 Å². The highest BCUT2D eigenvalue weighted by molar-refractivity contribution is 5.96. The number of halogens is 3. The molecule has 1 aliphatic heterocycles. The summed E-state index contributed by atoms with van der Waals surface area (Å²) in [5.41, 5.74) is 0.233. The number of alkyl halides is 3. The van der Waals surface area contributed by atoms with Crippen LogP contribution in [0.1, 0.15) is 21.7 Å². The van der Waals surface area contributed by atoms with Crippen molar-refractivity contribution >= 4 is 23.6 Å². The Balaban J connectivity index is 1.30. The lowest BCUT2D eigenvalue weighted by Crippen LogP contribution is -2.48. The Labute approximate surface area is 243 Å². The van der Waals surface area contributed by atoms with E-state index < -0.39 is 29.8 Å². The molecule has 1 atom stereocenters. The van der Waals surface area contributed by atoms with Crippen LogP contribution in [0.2, 0.25) is 0 Å². The van der Waals surface area contributed by atoms with Crippen molar-refractivity contribution in [1.82, 2.24) is 25.3 Å². The number of hydrogen-bond donors (Lipinski definition) is 2. The van der Waals surface area contributed by atoms with Gasteiger partial charge in [0.2, 0.25) is 5.95 Å². The number of carboxylic acids is 1. The highest BCUT2D eigenvalue weighted by atomic mass is 19.4. The van der Waals surface area contributed by atoms with Gasteiger partial charge in [-0.15, -0.1) is 0 Å². The predicted molar refractivity (Wildman–Crippen MR) is 146 cm³/mol. The van der Waals surface area contributed by atoms with Crippen LogP contribution in [0.25, 0.3) is 11.4 Å². The van der Waals surface area contributed by atoms with Crippen molar-refractivity contribution in [3.8, 4) is 11.4 Å². The molecule has 12 nitrogen and oxygen atoms in total. The van der Waals surface area contributed by atoms with Gasteiger partial charge in [-0.25, -0.2) is 24.7 Å². The summed E-state index contributed by atoms with van der Waals surface area (Å²) in [6.07, 6.45) is -0.694. The molecule has 0 bridgehead atoms. The van der Waals surface area contributed by atoms with Gasteiger partial charge in [0.25, 0.3) is 5.91 Å². The SMILES string of the molecule is O=C(NC(COCc1ccccc1)C(=O)O)c1cc(N2CCN(c3nccc(C(F)(F)F)n3)CC2)nc(-c2ccoc2)n1. The van der Waals surface area contributed by atoms with Crippen LogP contribution in [-0.2, 0) is 22.3 Å². The molecule has 43 heavy (non-hydrogen) atoms. The van der Waals surface area contributed by atoms with Gasteiger partial charge >= 0.3 is 12.1 Å². The van der Waals surface area contributed by atoms with E-state index in [-0.39, 0.29) is 43.8 Å². The topological polar surface area (TPSA) is 147 Å². The van der Waals surface area contributed by atoms with E-state index in [1.165, 1.54) is 18.6 Å². The molecular formula is C28H26F3N7O5. The van der Waals surface area contributed by atoms with Gasteiger partial charge in [-0.05, 0) is 17.7 Å². The van der Waals surface area contributed by atoms with E-state index in [0.29, 0.717) is 24.5 Å². The number of carbonyl (C=O) groups is 2.